The molecule has 2 rings (SSSR count). The number of amides is 1. The summed E-state index contributed by atoms with van der Waals surface area (Å²) in [5.74, 6) is 1.66. The van der Waals surface area contributed by atoms with Crippen LogP contribution in [-0.4, -0.2) is 48.0 Å². The third-order valence-corrected chi connectivity index (χ3v) is 3.87. The molecule has 0 radical (unpaired) electrons. The SMILES string of the molecule is CSCC(=O)N1C(C)CC2CNCC21. The van der Waals surface area contributed by atoms with Crippen molar-refractivity contribution in [3.63, 3.8) is 0 Å². The fourth-order valence-electron chi connectivity index (χ4n) is 2.79. The molecule has 0 aromatic carbocycles. The van der Waals surface area contributed by atoms with Gasteiger partial charge in [-0.1, -0.05) is 0 Å². The first-order valence-corrected chi connectivity index (χ1v) is 6.64. The van der Waals surface area contributed by atoms with Crippen LogP contribution >= 0.6 is 11.8 Å². The summed E-state index contributed by atoms with van der Waals surface area (Å²) in [4.78, 5) is 14.0. The second-order valence-corrected chi connectivity index (χ2v) is 5.17. The molecule has 2 fully saturated rings. The summed E-state index contributed by atoms with van der Waals surface area (Å²) < 4.78 is 0. The van der Waals surface area contributed by atoms with Crippen molar-refractivity contribution in [3.05, 3.63) is 0 Å². The smallest absolute Gasteiger partial charge is 0.233 e. The van der Waals surface area contributed by atoms with Gasteiger partial charge in [0.1, 0.15) is 0 Å². The van der Waals surface area contributed by atoms with Crippen LogP contribution in [0.1, 0.15) is 13.3 Å². The fourth-order valence-corrected chi connectivity index (χ4v) is 3.19. The first-order valence-electron chi connectivity index (χ1n) is 5.25. The van der Waals surface area contributed by atoms with Crippen LogP contribution in [0, 0.1) is 5.92 Å². The van der Waals surface area contributed by atoms with Gasteiger partial charge in [-0.05, 0) is 25.5 Å². The molecule has 4 heteroatoms. The van der Waals surface area contributed by atoms with Crippen molar-refractivity contribution in [2.24, 2.45) is 5.92 Å². The van der Waals surface area contributed by atoms with Crippen LogP contribution in [0.3, 0.4) is 0 Å². The first kappa shape index (κ1) is 10.3. The molecule has 0 spiro atoms. The van der Waals surface area contributed by atoms with Gasteiger partial charge in [0.25, 0.3) is 0 Å². The topological polar surface area (TPSA) is 32.3 Å². The molecule has 2 aliphatic rings. The molecular formula is C10H18N2OS. The van der Waals surface area contributed by atoms with Gasteiger partial charge in [-0.3, -0.25) is 4.79 Å². The number of hydrogen-bond donors (Lipinski definition) is 1. The van der Waals surface area contributed by atoms with E-state index in [1.807, 2.05) is 6.26 Å². The predicted octanol–water partition coefficient (Wildman–Crippen LogP) is 0.558. The lowest BCUT2D eigenvalue weighted by molar-refractivity contribution is -0.130. The van der Waals surface area contributed by atoms with Gasteiger partial charge in [0.15, 0.2) is 0 Å². The van der Waals surface area contributed by atoms with Gasteiger partial charge in [-0.2, -0.15) is 11.8 Å². The zero-order valence-electron chi connectivity index (χ0n) is 8.82. The number of likely N-dealkylation sites (tertiary alicyclic amines) is 1. The Morgan fingerprint density at radius 2 is 2.36 bits per heavy atom. The molecule has 2 aliphatic heterocycles. The predicted molar refractivity (Wildman–Crippen MR) is 59.5 cm³/mol. The number of rotatable bonds is 2. The standard InChI is InChI=1S/C10H18N2OS/c1-7-3-8-4-11-5-9(8)12(7)10(13)6-14-2/h7-9,11H,3-6H2,1-2H3. The Hall–Kier alpha value is -0.220. The van der Waals surface area contributed by atoms with Gasteiger partial charge in [0.2, 0.25) is 5.91 Å². The molecular weight excluding hydrogens is 196 g/mol. The summed E-state index contributed by atoms with van der Waals surface area (Å²) in [6, 6.07) is 0.927. The van der Waals surface area contributed by atoms with Crippen LogP contribution in [0.5, 0.6) is 0 Å². The van der Waals surface area contributed by atoms with Crippen LogP contribution in [0.25, 0.3) is 0 Å². The third kappa shape index (κ3) is 1.65. The largest absolute Gasteiger partial charge is 0.335 e. The van der Waals surface area contributed by atoms with E-state index in [1.54, 1.807) is 11.8 Å². The number of carbonyl (C=O) groups is 1. The van der Waals surface area contributed by atoms with Crippen LogP contribution in [0.15, 0.2) is 0 Å². The average Bonchev–Trinajstić information content (AvgIpc) is 2.63. The maximum absolute atomic E-state index is 11.9. The summed E-state index contributed by atoms with van der Waals surface area (Å²) in [6.45, 7) is 4.27. The Kier molecular flexibility index (Phi) is 3.02. The van der Waals surface area contributed by atoms with E-state index in [4.69, 9.17) is 0 Å². The van der Waals surface area contributed by atoms with E-state index in [2.05, 4.69) is 17.1 Å². The van der Waals surface area contributed by atoms with Crippen LogP contribution in [0.4, 0.5) is 0 Å². The highest BCUT2D eigenvalue weighted by molar-refractivity contribution is 7.99. The Morgan fingerprint density at radius 1 is 1.57 bits per heavy atom. The number of nitrogens with one attached hydrogen (secondary N) is 1. The molecule has 3 atom stereocenters. The van der Waals surface area contributed by atoms with Crippen molar-refractivity contribution in [3.8, 4) is 0 Å². The van der Waals surface area contributed by atoms with E-state index >= 15 is 0 Å². The highest BCUT2D eigenvalue weighted by Crippen LogP contribution is 2.32. The minimum Gasteiger partial charge on any atom is -0.335 e. The minimum absolute atomic E-state index is 0.321. The molecule has 2 heterocycles. The molecule has 3 unspecified atom stereocenters. The Labute approximate surface area is 89.6 Å². The molecule has 14 heavy (non-hydrogen) atoms. The summed E-state index contributed by atoms with van der Waals surface area (Å²) in [5, 5.41) is 3.37. The maximum Gasteiger partial charge on any atom is 0.233 e. The molecule has 0 saturated carbocycles. The zero-order chi connectivity index (χ0) is 10.1. The molecule has 80 valence electrons. The maximum atomic E-state index is 11.9. The second-order valence-electron chi connectivity index (χ2n) is 4.30. The Balaban J connectivity index is 2.05. The molecule has 0 aromatic heterocycles. The van der Waals surface area contributed by atoms with Crippen LogP contribution < -0.4 is 5.32 Å². The quantitative estimate of drug-likeness (QED) is 0.729. The van der Waals surface area contributed by atoms with E-state index in [9.17, 15) is 4.79 Å². The van der Waals surface area contributed by atoms with Crippen molar-refractivity contribution >= 4 is 17.7 Å². The van der Waals surface area contributed by atoms with Gasteiger partial charge in [0.05, 0.1) is 5.75 Å². The lowest BCUT2D eigenvalue weighted by atomic mass is 10.0. The van der Waals surface area contributed by atoms with E-state index in [0.29, 0.717) is 29.7 Å². The van der Waals surface area contributed by atoms with Gasteiger partial charge < -0.3 is 10.2 Å². The number of nitrogens with zero attached hydrogens (tertiary/aromatic N) is 1. The highest BCUT2D eigenvalue weighted by atomic mass is 32.2. The van der Waals surface area contributed by atoms with Gasteiger partial charge >= 0.3 is 0 Å². The molecule has 1 N–H and O–H groups in total. The number of fused-ring (bicyclic) bond motifs is 1. The normalized spacial score (nSPS) is 36.1. The van der Waals surface area contributed by atoms with Crippen molar-refractivity contribution < 1.29 is 4.79 Å². The number of thioether (sulfide) groups is 1. The van der Waals surface area contributed by atoms with E-state index in [0.717, 1.165) is 13.1 Å². The summed E-state index contributed by atoms with van der Waals surface area (Å²) in [7, 11) is 0. The van der Waals surface area contributed by atoms with E-state index in [-0.39, 0.29) is 0 Å². The van der Waals surface area contributed by atoms with E-state index < -0.39 is 0 Å². The van der Waals surface area contributed by atoms with Crippen molar-refractivity contribution in [2.45, 2.75) is 25.4 Å². The average molecular weight is 214 g/mol. The van der Waals surface area contributed by atoms with Gasteiger partial charge in [-0.25, -0.2) is 0 Å². The number of carbonyl (C=O) groups excluding carboxylic acids is 1. The molecule has 0 aliphatic carbocycles. The molecule has 1 amide bonds. The second kappa shape index (κ2) is 4.11. The lowest BCUT2D eigenvalue weighted by Crippen LogP contribution is -2.43. The molecule has 2 saturated heterocycles. The fraction of sp³-hybridized carbons (Fsp3) is 0.900. The number of hydrogen-bond acceptors (Lipinski definition) is 3. The van der Waals surface area contributed by atoms with Gasteiger partial charge in [0, 0.05) is 25.2 Å². The summed E-state index contributed by atoms with van der Waals surface area (Å²) >= 11 is 1.62. The monoisotopic (exact) mass is 214 g/mol. The highest BCUT2D eigenvalue weighted by Gasteiger charge is 2.43. The van der Waals surface area contributed by atoms with Crippen LogP contribution in [0.2, 0.25) is 0 Å². The Morgan fingerprint density at radius 3 is 3.07 bits per heavy atom. The van der Waals surface area contributed by atoms with Crippen LogP contribution in [-0.2, 0) is 4.79 Å². The summed E-state index contributed by atoms with van der Waals surface area (Å²) in [6.07, 6.45) is 3.17. The van der Waals surface area contributed by atoms with E-state index in [1.165, 1.54) is 6.42 Å². The van der Waals surface area contributed by atoms with Crippen molar-refractivity contribution in [2.75, 3.05) is 25.1 Å². The zero-order valence-corrected chi connectivity index (χ0v) is 9.64. The Bertz CT molecular complexity index is 234. The third-order valence-electron chi connectivity index (χ3n) is 3.34. The first-order chi connectivity index (χ1) is 6.74. The molecule has 3 nitrogen and oxygen atoms in total. The van der Waals surface area contributed by atoms with Crippen molar-refractivity contribution in [1.29, 1.82) is 0 Å². The lowest BCUT2D eigenvalue weighted by Gasteiger charge is -2.27. The molecule has 0 bridgehead atoms. The van der Waals surface area contributed by atoms with Gasteiger partial charge in [-0.15, -0.1) is 0 Å². The molecule has 0 aromatic rings. The summed E-state index contributed by atoms with van der Waals surface area (Å²) in [5.41, 5.74) is 0. The van der Waals surface area contributed by atoms with Crippen molar-refractivity contribution in [1.82, 2.24) is 10.2 Å². The minimum atomic E-state index is 0.321.